The molecule has 1 aliphatic rings. The summed E-state index contributed by atoms with van der Waals surface area (Å²) in [5.74, 6) is -1.67. The zero-order valence-corrected chi connectivity index (χ0v) is 15.0. The van der Waals surface area contributed by atoms with E-state index in [2.05, 4.69) is 38.1 Å². The maximum absolute atomic E-state index is 12.3. The van der Waals surface area contributed by atoms with Gasteiger partial charge in [-0.05, 0) is 25.0 Å². The Morgan fingerprint density at radius 1 is 1.13 bits per heavy atom. The van der Waals surface area contributed by atoms with Gasteiger partial charge in [0.05, 0.1) is 0 Å². The number of rotatable bonds is 5. The SMILES string of the molecule is CCC(=O)C1C(=O)CC(C(C)(C)Sc2ccc(C)cc2)CC1=O. The Labute approximate surface area is 142 Å². The average Bonchev–Trinajstić information content (AvgIpc) is 2.48. The zero-order valence-electron chi connectivity index (χ0n) is 14.2. The number of carbonyl (C=O) groups is 3. The molecule has 0 radical (unpaired) electrons. The van der Waals surface area contributed by atoms with Gasteiger partial charge in [0.25, 0.3) is 0 Å². The van der Waals surface area contributed by atoms with Crippen molar-refractivity contribution >= 4 is 29.1 Å². The van der Waals surface area contributed by atoms with Crippen LogP contribution in [0.1, 0.15) is 45.6 Å². The van der Waals surface area contributed by atoms with Gasteiger partial charge in [-0.1, -0.05) is 38.5 Å². The van der Waals surface area contributed by atoms with E-state index in [1.165, 1.54) is 5.56 Å². The monoisotopic (exact) mass is 332 g/mol. The molecule has 0 unspecified atom stereocenters. The topological polar surface area (TPSA) is 51.2 Å². The Balaban J connectivity index is 2.12. The molecule has 0 aliphatic heterocycles. The van der Waals surface area contributed by atoms with Gasteiger partial charge in [-0.3, -0.25) is 14.4 Å². The van der Waals surface area contributed by atoms with Crippen molar-refractivity contribution in [2.24, 2.45) is 11.8 Å². The van der Waals surface area contributed by atoms with E-state index in [1.807, 2.05) is 6.92 Å². The minimum Gasteiger partial charge on any atom is -0.298 e. The summed E-state index contributed by atoms with van der Waals surface area (Å²) in [6.07, 6.45) is 0.871. The molecule has 3 nitrogen and oxygen atoms in total. The van der Waals surface area contributed by atoms with Crippen LogP contribution in [0.5, 0.6) is 0 Å². The third kappa shape index (κ3) is 4.11. The molecule has 0 saturated heterocycles. The third-order valence-electron chi connectivity index (χ3n) is 4.59. The molecule has 4 heteroatoms. The van der Waals surface area contributed by atoms with Crippen molar-refractivity contribution in [3.05, 3.63) is 29.8 Å². The van der Waals surface area contributed by atoms with Crippen molar-refractivity contribution in [3.63, 3.8) is 0 Å². The fourth-order valence-corrected chi connectivity index (χ4v) is 4.23. The van der Waals surface area contributed by atoms with E-state index in [0.717, 1.165) is 4.90 Å². The molecule has 2 rings (SSSR count). The van der Waals surface area contributed by atoms with Gasteiger partial charge in [0.2, 0.25) is 0 Å². The Morgan fingerprint density at radius 2 is 1.65 bits per heavy atom. The Kier molecular flexibility index (Phi) is 5.45. The van der Waals surface area contributed by atoms with Crippen LogP contribution in [0.2, 0.25) is 0 Å². The van der Waals surface area contributed by atoms with Gasteiger partial charge in [0.1, 0.15) is 5.92 Å². The molecule has 1 aromatic rings. The van der Waals surface area contributed by atoms with Gasteiger partial charge < -0.3 is 0 Å². The molecule has 0 amide bonds. The number of Topliss-reactive ketones (excluding diaryl/α,β-unsaturated/α-hetero) is 3. The second-order valence-electron chi connectivity index (χ2n) is 6.81. The maximum Gasteiger partial charge on any atom is 0.151 e. The van der Waals surface area contributed by atoms with Crippen molar-refractivity contribution in [1.82, 2.24) is 0 Å². The van der Waals surface area contributed by atoms with Crippen LogP contribution in [-0.4, -0.2) is 22.1 Å². The molecule has 0 heterocycles. The summed E-state index contributed by atoms with van der Waals surface area (Å²) in [5, 5.41) is 0. The van der Waals surface area contributed by atoms with Gasteiger partial charge in [0.15, 0.2) is 17.3 Å². The van der Waals surface area contributed by atoms with E-state index in [4.69, 9.17) is 0 Å². The van der Waals surface area contributed by atoms with Gasteiger partial charge in [-0.2, -0.15) is 0 Å². The molecule has 0 atom stereocenters. The molecule has 1 fully saturated rings. The first-order chi connectivity index (χ1) is 10.7. The summed E-state index contributed by atoms with van der Waals surface area (Å²) in [6.45, 7) is 7.89. The van der Waals surface area contributed by atoms with E-state index < -0.39 is 5.92 Å². The normalized spacial score (nSPS) is 22.3. The predicted octanol–water partition coefficient (Wildman–Crippen LogP) is 4.01. The number of benzene rings is 1. The van der Waals surface area contributed by atoms with Crippen molar-refractivity contribution in [3.8, 4) is 0 Å². The van der Waals surface area contributed by atoms with Gasteiger partial charge in [-0.25, -0.2) is 0 Å². The highest BCUT2D eigenvalue weighted by Crippen LogP contribution is 2.43. The summed E-state index contributed by atoms with van der Waals surface area (Å²) in [4.78, 5) is 37.6. The van der Waals surface area contributed by atoms with E-state index in [1.54, 1.807) is 18.7 Å². The number of ketones is 3. The highest BCUT2D eigenvalue weighted by Gasteiger charge is 2.44. The first kappa shape index (κ1) is 17.9. The number of carbonyl (C=O) groups excluding carboxylic acids is 3. The van der Waals surface area contributed by atoms with Crippen molar-refractivity contribution < 1.29 is 14.4 Å². The fraction of sp³-hybridized carbons (Fsp3) is 0.526. The number of thioether (sulfide) groups is 1. The molecule has 1 saturated carbocycles. The standard InChI is InChI=1S/C19H24O3S/c1-5-15(20)18-16(21)10-13(11-17(18)22)19(3,4)23-14-8-6-12(2)7-9-14/h6-9,13,18H,5,10-11H2,1-4H3. The minimum atomic E-state index is -1.00. The quantitative estimate of drug-likeness (QED) is 0.604. The van der Waals surface area contributed by atoms with Crippen LogP contribution < -0.4 is 0 Å². The summed E-state index contributed by atoms with van der Waals surface area (Å²) in [6, 6.07) is 8.26. The van der Waals surface area contributed by atoms with Gasteiger partial charge in [-0.15, -0.1) is 11.8 Å². The van der Waals surface area contributed by atoms with Crippen LogP contribution in [0.15, 0.2) is 29.2 Å². The molecule has 1 aliphatic carbocycles. The smallest absolute Gasteiger partial charge is 0.151 e. The lowest BCUT2D eigenvalue weighted by Gasteiger charge is -2.37. The lowest BCUT2D eigenvalue weighted by atomic mass is 9.73. The fourth-order valence-electron chi connectivity index (χ4n) is 3.02. The van der Waals surface area contributed by atoms with Gasteiger partial charge >= 0.3 is 0 Å². The summed E-state index contributed by atoms with van der Waals surface area (Å²) in [5.41, 5.74) is 1.20. The molecule has 0 N–H and O–H groups in total. The van der Waals surface area contributed by atoms with Crippen LogP contribution in [0.4, 0.5) is 0 Å². The second kappa shape index (κ2) is 7.00. The van der Waals surface area contributed by atoms with Crippen LogP contribution in [0, 0.1) is 18.8 Å². The van der Waals surface area contributed by atoms with Crippen LogP contribution >= 0.6 is 11.8 Å². The minimum absolute atomic E-state index is 0.0327. The highest BCUT2D eigenvalue weighted by molar-refractivity contribution is 8.00. The van der Waals surface area contributed by atoms with E-state index >= 15 is 0 Å². The summed E-state index contributed by atoms with van der Waals surface area (Å²) < 4.78 is -0.235. The molecular weight excluding hydrogens is 308 g/mol. The Hall–Kier alpha value is -1.42. The third-order valence-corrected chi connectivity index (χ3v) is 5.96. The maximum atomic E-state index is 12.3. The Morgan fingerprint density at radius 3 is 2.13 bits per heavy atom. The van der Waals surface area contributed by atoms with Gasteiger partial charge in [0, 0.05) is 28.9 Å². The first-order valence-electron chi connectivity index (χ1n) is 8.08. The first-order valence-corrected chi connectivity index (χ1v) is 8.90. The molecule has 0 bridgehead atoms. The van der Waals surface area contributed by atoms with Crippen molar-refractivity contribution in [2.75, 3.05) is 0 Å². The van der Waals surface area contributed by atoms with E-state index in [-0.39, 0.29) is 34.4 Å². The largest absolute Gasteiger partial charge is 0.298 e. The number of hydrogen-bond acceptors (Lipinski definition) is 4. The molecule has 0 spiro atoms. The second-order valence-corrected chi connectivity index (χ2v) is 8.54. The lowest BCUT2D eigenvalue weighted by Crippen LogP contribution is -2.43. The van der Waals surface area contributed by atoms with Crippen molar-refractivity contribution in [1.29, 1.82) is 0 Å². The summed E-state index contributed by atoms with van der Waals surface area (Å²) >= 11 is 1.69. The van der Waals surface area contributed by atoms with Crippen LogP contribution in [0.3, 0.4) is 0 Å². The molecule has 1 aromatic carbocycles. The molecule has 23 heavy (non-hydrogen) atoms. The van der Waals surface area contributed by atoms with E-state index in [9.17, 15) is 14.4 Å². The Bertz CT molecular complexity index is 598. The number of hydrogen-bond donors (Lipinski definition) is 0. The van der Waals surface area contributed by atoms with Crippen molar-refractivity contribution in [2.45, 2.75) is 56.6 Å². The summed E-state index contributed by atoms with van der Waals surface area (Å²) in [7, 11) is 0. The molecular formula is C19H24O3S. The number of aryl methyl sites for hydroxylation is 1. The average molecular weight is 332 g/mol. The lowest BCUT2D eigenvalue weighted by molar-refractivity contribution is -0.143. The highest BCUT2D eigenvalue weighted by atomic mass is 32.2. The molecule has 0 aromatic heterocycles. The van der Waals surface area contributed by atoms with Crippen LogP contribution in [0.25, 0.3) is 0 Å². The molecule has 124 valence electrons. The van der Waals surface area contributed by atoms with Crippen LogP contribution in [-0.2, 0) is 14.4 Å². The van der Waals surface area contributed by atoms with E-state index in [0.29, 0.717) is 12.8 Å². The zero-order chi connectivity index (χ0) is 17.2. The predicted molar refractivity (Wildman–Crippen MR) is 92.6 cm³/mol.